The summed E-state index contributed by atoms with van der Waals surface area (Å²) in [6, 6.07) is 7.04. The summed E-state index contributed by atoms with van der Waals surface area (Å²) in [7, 11) is 0. The zero-order valence-corrected chi connectivity index (χ0v) is 18.5. The fourth-order valence-corrected chi connectivity index (χ4v) is 3.91. The molecule has 3 aromatic rings. The summed E-state index contributed by atoms with van der Waals surface area (Å²) < 4.78 is 12.6. The maximum atomic E-state index is 13.3. The van der Waals surface area contributed by atoms with E-state index in [-0.39, 0.29) is 17.6 Å². The van der Waals surface area contributed by atoms with Crippen molar-refractivity contribution in [2.45, 2.75) is 46.2 Å². The fraction of sp³-hybridized carbons (Fsp3) is 0.500. The van der Waals surface area contributed by atoms with Crippen LogP contribution in [0.4, 0.5) is 0 Å². The lowest BCUT2D eigenvalue weighted by Gasteiger charge is -2.28. The first-order valence-corrected chi connectivity index (χ1v) is 10.7. The topological polar surface area (TPSA) is 138 Å². The Kier molecular flexibility index (Phi) is 5.96. The molecular formula is C22H28N6O4. The number of hydrogen-bond donors (Lipinski definition) is 2. The second-order valence-electron chi connectivity index (χ2n) is 9.20. The Morgan fingerprint density at radius 2 is 1.97 bits per heavy atom. The molecule has 3 N–H and O–H groups in total. The lowest BCUT2D eigenvalue weighted by atomic mass is 9.86. The highest BCUT2D eigenvalue weighted by molar-refractivity contribution is 6.05. The van der Waals surface area contributed by atoms with Crippen LogP contribution in [-0.4, -0.2) is 44.9 Å². The van der Waals surface area contributed by atoms with E-state index >= 15 is 0 Å². The van der Waals surface area contributed by atoms with Gasteiger partial charge in [-0.1, -0.05) is 44.1 Å². The normalized spacial score (nSPS) is 16.2. The molecule has 0 spiro atoms. The van der Waals surface area contributed by atoms with Gasteiger partial charge in [-0.2, -0.15) is 10.1 Å². The van der Waals surface area contributed by atoms with E-state index in [9.17, 15) is 9.59 Å². The molecule has 1 unspecified atom stereocenters. The summed E-state index contributed by atoms with van der Waals surface area (Å²) in [6.45, 7) is 8.01. The monoisotopic (exact) mass is 440 g/mol. The van der Waals surface area contributed by atoms with E-state index in [1.165, 1.54) is 0 Å². The van der Waals surface area contributed by atoms with Crippen molar-refractivity contribution in [3.8, 4) is 0 Å². The van der Waals surface area contributed by atoms with E-state index in [0.29, 0.717) is 11.6 Å². The van der Waals surface area contributed by atoms with Crippen molar-refractivity contribution in [1.29, 1.82) is 0 Å². The molecule has 0 aliphatic carbocycles. The van der Waals surface area contributed by atoms with Crippen molar-refractivity contribution < 1.29 is 18.8 Å². The van der Waals surface area contributed by atoms with Gasteiger partial charge in [-0.05, 0) is 30.2 Å². The molecule has 0 bridgehead atoms. The SMILES string of the molecule is CC(C)(C)C(NC(=O)c1nn(CC2CCOCC2)c2ccccc12)c1nc(C(N)=O)no1. The van der Waals surface area contributed by atoms with Crippen LogP contribution in [0.15, 0.2) is 28.8 Å². The Morgan fingerprint density at radius 3 is 2.62 bits per heavy atom. The van der Waals surface area contributed by atoms with Gasteiger partial charge in [-0.3, -0.25) is 14.3 Å². The number of primary amides is 1. The number of carbonyl (C=O) groups is 2. The van der Waals surface area contributed by atoms with Gasteiger partial charge in [0.2, 0.25) is 5.89 Å². The van der Waals surface area contributed by atoms with Crippen LogP contribution in [0.1, 0.15) is 66.7 Å². The third-order valence-electron chi connectivity index (χ3n) is 5.70. The molecule has 1 aliphatic heterocycles. The van der Waals surface area contributed by atoms with Crippen LogP contribution in [0, 0.1) is 11.3 Å². The van der Waals surface area contributed by atoms with Crippen molar-refractivity contribution in [2.75, 3.05) is 13.2 Å². The molecule has 32 heavy (non-hydrogen) atoms. The lowest BCUT2D eigenvalue weighted by molar-refractivity contribution is 0.0604. The van der Waals surface area contributed by atoms with E-state index in [2.05, 4.69) is 20.6 Å². The first-order valence-electron chi connectivity index (χ1n) is 10.7. The van der Waals surface area contributed by atoms with E-state index in [1.807, 2.05) is 49.7 Å². The molecular weight excluding hydrogens is 412 g/mol. The molecule has 1 atom stereocenters. The van der Waals surface area contributed by atoms with Crippen LogP contribution in [0.25, 0.3) is 10.9 Å². The molecule has 1 fully saturated rings. The Labute approximate surface area is 185 Å². The zero-order valence-electron chi connectivity index (χ0n) is 18.5. The van der Waals surface area contributed by atoms with E-state index in [0.717, 1.165) is 43.5 Å². The minimum Gasteiger partial charge on any atom is -0.381 e. The molecule has 10 heteroatoms. The molecule has 0 saturated carbocycles. The number of rotatable bonds is 6. The molecule has 2 amide bonds. The molecule has 0 radical (unpaired) electrons. The standard InChI is InChI=1S/C22H28N6O4/c1-22(2,3)17(21-25-19(18(23)29)27-32-21)24-20(30)16-14-6-4-5-7-15(14)28(26-16)12-13-8-10-31-11-9-13/h4-7,13,17H,8-12H2,1-3H3,(H2,23,29)(H,24,30). The summed E-state index contributed by atoms with van der Waals surface area (Å²) >= 11 is 0. The van der Waals surface area contributed by atoms with Gasteiger partial charge in [-0.25, -0.2) is 0 Å². The Hall–Kier alpha value is -3.27. The van der Waals surface area contributed by atoms with Crippen molar-refractivity contribution in [3.63, 3.8) is 0 Å². The van der Waals surface area contributed by atoms with Crippen molar-refractivity contribution in [1.82, 2.24) is 25.2 Å². The molecule has 10 nitrogen and oxygen atoms in total. The Morgan fingerprint density at radius 1 is 1.25 bits per heavy atom. The van der Waals surface area contributed by atoms with Crippen LogP contribution >= 0.6 is 0 Å². The van der Waals surface area contributed by atoms with Crippen LogP contribution in [0.5, 0.6) is 0 Å². The Bertz CT molecular complexity index is 1120. The van der Waals surface area contributed by atoms with Crippen LogP contribution in [-0.2, 0) is 11.3 Å². The third-order valence-corrected chi connectivity index (χ3v) is 5.70. The molecule has 170 valence electrons. The summed E-state index contributed by atoms with van der Waals surface area (Å²) in [5, 5.41) is 12.0. The quantitative estimate of drug-likeness (QED) is 0.600. The van der Waals surface area contributed by atoms with E-state index in [4.69, 9.17) is 15.0 Å². The average molecular weight is 441 g/mol. The first kappa shape index (κ1) is 21.9. The number of benzene rings is 1. The maximum absolute atomic E-state index is 13.3. The minimum atomic E-state index is -0.795. The number of hydrogen-bond acceptors (Lipinski definition) is 7. The maximum Gasteiger partial charge on any atom is 0.290 e. The largest absolute Gasteiger partial charge is 0.381 e. The Balaban J connectivity index is 1.63. The van der Waals surface area contributed by atoms with E-state index in [1.54, 1.807) is 0 Å². The smallest absolute Gasteiger partial charge is 0.290 e. The third kappa shape index (κ3) is 4.50. The number of nitrogens with two attached hydrogens (primary N) is 1. The highest BCUT2D eigenvalue weighted by atomic mass is 16.5. The highest BCUT2D eigenvalue weighted by Crippen LogP contribution is 2.32. The number of para-hydroxylation sites is 1. The van der Waals surface area contributed by atoms with Gasteiger partial charge in [0.15, 0.2) is 5.69 Å². The number of fused-ring (bicyclic) bond motifs is 1. The summed E-state index contributed by atoms with van der Waals surface area (Å²) in [6.07, 6.45) is 1.95. The predicted octanol–water partition coefficient (Wildman–Crippen LogP) is 2.46. The minimum absolute atomic E-state index is 0.116. The summed E-state index contributed by atoms with van der Waals surface area (Å²) in [5.74, 6) is -0.807. The van der Waals surface area contributed by atoms with Crippen LogP contribution < -0.4 is 11.1 Å². The van der Waals surface area contributed by atoms with Gasteiger partial charge in [-0.15, -0.1) is 0 Å². The molecule has 1 aromatic carbocycles. The predicted molar refractivity (Wildman–Crippen MR) is 116 cm³/mol. The second kappa shape index (κ2) is 8.70. The van der Waals surface area contributed by atoms with Gasteiger partial charge in [0.1, 0.15) is 6.04 Å². The first-order chi connectivity index (χ1) is 15.2. The number of nitrogens with zero attached hydrogens (tertiary/aromatic N) is 4. The highest BCUT2D eigenvalue weighted by Gasteiger charge is 2.34. The van der Waals surface area contributed by atoms with Gasteiger partial charge in [0.25, 0.3) is 17.6 Å². The molecule has 2 aromatic heterocycles. The number of nitrogens with one attached hydrogen (secondary N) is 1. The second-order valence-corrected chi connectivity index (χ2v) is 9.20. The van der Waals surface area contributed by atoms with Crippen LogP contribution in [0.2, 0.25) is 0 Å². The average Bonchev–Trinajstić information content (AvgIpc) is 3.38. The lowest BCUT2D eigenvalue weighted by Crippen LogP contribution is -2.37. The van der Waals surface area contributed by atoms with Crippen molar-refractivity contribution in [3.05, 3.63) is 41.7 Å². The van der Waals surface area contributed by atoms with Crippen molar-refractivity contribution >= 4 is 22.7 Å². The molecule has 1 aliphatic rings. The number of aromatic nitrogens is 4. The number of amides is 2. The van der Waals surface area contributed by atoms with Gasteiger partial charge in [0, 0.05) is 25.1 Å². The zero-order chi connectivity index (χ0) is 22.9. The fourth-order valence-electron chi connectivity index (χ4n) is 3.91. The van der Waals surface area contributed by atoms with Gasteiger partial charge >= 0.3 is 0 Å². The van der Waals surface area contributed by atoms with E-state index < -0.39 is 17.4 Å². The summed E-state index contributed by atoms with van der Waals surface area (Å²) in [5.41, 5.74) is 6.00. The number of ether oxygens (including phenoxy) is 1. The summed E-state index contributed by atoms with van der Waals surface area (Å²) in [4.78, 5) is 28.8. The van der Waals surface area contributed by atoms with Gasteiger partial charge in [0.05, 0.1) is 5.52 Å². The molecule has 3 heterocycles. The van der Waals surface area contributed by atoms with Crippen molar-refractivity contribution in [2.24, 2.45) is 17.1 Å². The van der Waals surface area contributed by atoms with Gasteiger partial charge < -0.3 is 20.3 Å². The number of carbonyl (C=O) groups excluding carboxylic acids is 2. The van der Waals surface area contributed by atoms with Crippen LogP contribution in [0.3, 0.4) is 0 Å². The molecule has 4 rings (SSSR count). The molecule has 1 saturated heterocycles.